The molecule has 2 N–H and O–H groups in total. The number of hydrogen-bond donors (Lipinski definition) is 2. The maximum absolute atomic E-state index is 9.62. The zero-order chi connectivity index (χ0) is 12.5. The van der Waals surface area contributed by atoms with Crippen molar-refractivity contribution in [1.29, 1.82) is 0 Å². The van der Waals surface area contributed by atoms with Gasteiger partial charge >= 0.3 is 0 Å². The molecule has 1 aromatic carbocycles. The summed E-state index contributed by atoms with van der Waals surface area (Å²) in [5.74, 6) is 0.786. The van der Waals surface area contributed by atoms with Gasteiger partial charge in [0.05, 0.1) is 12.5 Å². The third-order valence-electron chi connectivity index (χ3n) is 2.81. The quantitative estimate of drug-likeness (QED) is 0.722. The molecule has 0 spiro atoms. The largest absolute Gasteiger partial charge is 0.497 e. The van der Waals surface area contributed by atoms with E-state index in [1.54, 1.807) is 7.11 Å². The molecule has 0 atom stereocenters. The Morgan fingerprint density at radius 2 is 1.94 bits per heavy atom. The highest BCUT2D eigenvalue weighted by atomic mass is 16.5. The summed E-state index contributed by atoms with van der Waals surface area (Å²) in [6.45, 7) is 0. The van der Waals surface area contributed by atoms with Gasteiger partial charge in [-0.1, -0.05) is 0 Å². The van der Waals surface area contributed by atoms with Crippen molar-refractivity contribution in [3.8, 4) is 22.9 Å². The third-order valence-corrected chi connectivity index (χ3v) is 2.81. The molecule has 0 bridgehead atoms. The zero-order valence-corrected chi connectivity index (χ0v) is 9.71. The van der Waals surface area contributed by atoms with Crippen LogP contribution in [0.2, 0.25) is 0 Å². The Bertz CT molecular complexity index is 689. The number of rotatable bonds is 2. The fourth-order valence-corrected chi connectivity index (χ4v) is 1.85. The van der Waals surface area contributed by atoms with Gasteiger partial charge in [-0.2, -0.15) is 0 Å². The number of hydrogen-bond acceptors (Lipinski definition) is 4. The van der Waals surface area contributed by atoms with Crippen LogP contribution >= 0.6 is 0 Å². The molecule has 5 heteroatoms. The van der Waals surface area contributed by atoms with Crippen LogP contribution in [-0.2, 0) is 0 Å². The second-order valence-corrected chi connectivity index (χ2v) is 3.87. The van der Waals surface area contributed by atoms with E-state index in [1.165, 1.54) is 6.33 Å². The lowest BCUT2D eigenvalue weighted by atomic mass is 10.1. The van der Waals surface area contributed by atoms with Crippen molar-refractivity contribution in [2.24, 2.45) is 0 Å². The molecule has 0 saturated heterocycles. The summed E-state index contributed by atoms with van der Waals surface area (Å²) >= 11 is 0. The number of methoxy groups -OCH3 is 1. The molecule has 0 unspecified atom stereocenters. The van der Waals surface area contributed by atoms with Crippen molar-refractivity contribution in [3.05, 3.63) is 36.7 Å². The van der Waals surface area contributed by atoms with Crippen LogP contribution in [0.5, 0.6) is 11.6 Å². The lowest BCUT2D eigenvalue weighted by molar-refractivity contribution is 0.415. The van der Waals surface area contributed by atoms with E-state index in [2.05, 4.69) is 15.0 Å². The third kappa shape index (κ3) is 1.66. The standard InChI is InChI=1S/C13H11N3O2/c1-18-9-4-2-8(3-5-9)11-6-10-12(16-11)14-7-15-13(10)17/h2-7H,1H3,(H2,14,15,16,17). The van der Waals surface area contributed by atoms with E-state index in [0.29, 0.717) is 11.0 Å². The normalized spacial score (nSPS) is 10.7. The number of ether oxygens (including phenoxy) is 1. The number of aromatic nitrogens is 3. The van der Waals surface area contributed by atoms with Crippen molar-refractivity contribution in [1.82, 2.24) is 15.0 Å². The van der Waals surface area contributed by atoms with E-state index >= 15 is 0 Å². The molecule has 0 aliphatic rings. The number of nitrogens with one attached hydrogen (secondary N) is 1. The molecular formula is C13H11N3O2. The summed E-state index contributed by atoms with van der Waals surface area (Å²) in [6.07, 6.45) is 1.33. The van der Waals surface area contributed by atoms with Crippen LogP contribution in [0.1, 0.15) is 0 Å². The fourth-order valence-electron chi connectivity index (χ4n) is 1.85. The highest BCUT2D eigenvalue weighted by Crippen LogP contribution is 2.27. The number of benzene rings is 1. The molecule has 0 radical (unpaired) electrons. The zero-order valence-electron chi connectivity index (χ0n) is 9.71. The summed E-state index contributed by atoms with van der Waals surface area (Å²) < 4.78 is 5.11. The Morgan fingerprint density at radius 3 is 2.61 bits per heavy atom. The van der Waals surface area contributed by atoms with Gasteiger partial charge in [0.1, 0.15) is 17.7 Å². The van der Waals surface area contributed by atoms with Gasteiger partial charge in [0.25, 0.3) is 0 Å². The lowest BCUT2D eigenvalue weighted by Crippen LogP contribution is -1.82. The van der Waals surface area contributed by atoms with Gasteiger partial charge in [0, 0.05) is 5.69 Å². The Labute approximate surface area is 103 Å². The minimum atomic E-state index is -0.0176. The predicted molar refractivity (Wildman–Crippen MR) is 67.5 cm³/mol. The molecule has 0 saturated carbocycles. The molecule has 0 fully saturated rings. The predicted octanol–water partition coefficient (Wildman–Crippen LogP) is 2.34. The molecule has 0 aliphatic carbocycles. The van der Waals surface area contributed by atoms with Gasteiger partial charge in [-0.25, -0.2) is 9.97 Å². The summed E-state index contributed by atoms with van der Waals surface area (Å²) in [6, 6.07) is 9.47. The molecule has 2 heterocycles. The van der Waals surface area contributed by atoms with Crippen LogP contribution in [0.15, 0.2) is 36.7 Å². The monoisotopic (exact) mass is 241 g/mol. The fraction of sp³-hybridized carbons (Fsp3) is 0.0769. The Balaban J connectivity index is 2.10. The average Bonchev–Trinajstić information content (AvgIpc) is 2.84. The first kappa shape index (κ1) is 10.6. The summed E-state index contributed by atoms with van der Waals surface area (Å²) in [5, 5.41) is 10.2. The molecule has 2 aromatic heterocycles. The molecular weight excluding hydrogens is 230 g/mol. The molecule has 3 aromatic rings. The first-order valence-corrected chi connectivity index (χ1v) is 5.45. The number of aromatic amines is 1. The van der Waals surface area contributed by atoms with Gasteiger partial charge in [-0.05, 0) is 35.9 Å². The van der Waals surface area contributed by atoms with Gasteiger partial charge in [-0.15, -0.1) is 0 Å². The van der Waals surface area contributed by atoms with Crippen molar-refractivity contribution < 1.29 is 9.84 Å². The number of nitrogens with zero attached hydrogens (tertiary/aromatic N) is 2. The van der Waals surface area contributed by atoms with E-state index < -0.39 is 0 Å². The summed E-state index contributed by atoms with van der Waals surface area (Å²) in [5.41, 5.74) is 2.49. The topological polar surface area (TPSA) is 71.0 Å². The van der Waals surface area contributed by atoms with E-state index in [-0.39, 0.29) is 5.88 Å². The van der Waals surface area contributed by atoms with Crippen molar-refractivity contribution in [2.75, 3.05) is 7.11 Å². The van der Waals surface area contributed by atoms with E-state index in [1.807, 2.05) is 30.3 Å². The summed E-state index contributed by atoms with van der Waals surface area (Å²) in [7, 11) is 1.63. The smallest absolute Gasteiger partial charge is 0.223 e. The molecule has 5 nitrogen and oxygen atoms in total. The van der Waals surface area contributed by atoms with Gasteiger partial charge < -0.3 is 14.8 Å². The maximum Gasteiger partial charge on any atom is 0.223 e. The number of H-pyrrole nitrogens is 1. The van der Waals surface area contributed by atoms with Gasteiger partial charge in [-0.3, -0.25) is 0 Å². The van der Waals surface area contributed by atoms with E-state index in [4.69, 9.17) is 4.74 Å². The van der Waals surface area contributed by atoms with Gasteiger partial charge in [0.2, 0.25) is 5.88 Å². The first-order chi connectivity index (χ1) is 8.78. The molecule has 0 aliphatic heterocycles. The number of fused-ring (bicyclic) bond motifs is 1. The molecule has 18 heavy (non-hydrogen) atoms. The highest BCUT2D eigenvalue weighted by Gasteiger charge is 2.08. The number of aromatic hydroxyl groups is 1. The second-order valence-electron chi connectivity index (χ2n) is 3.87. The molecule has 0 amide bonds. The second kappa shape index (κ2) is 4.03. The molecule has 90 valence electrons. The summed E-state index contributed by atoms with van der Waals surface area (Å²) in [4.78, 5) is 11.0. The van der Waals surface area contributed by atoms with Crippen molar-refractivity contribution in [3.63, 3.8) is 0 Å². The maximum atomic E-state index is 9.62. The minimum Gasteiger partial charge on any atom is -0.497 e. The average molecular weight is 241 g/mol. The molecule has 3 rings (SSSR count). The van der Waals surface area contributed by atoms with Crippen LogP contribution in [-0.4, -0.2) is 27.2 Å². The lowest BCUT2D eigenvalue weighted by Gasteiger charge is -2.00. The van der Waals surface area contributed by atoms with E-state index in [0.717, 1.165) is 17.0 Å². The Hall–Kier alpha value is -2.56. The van der Waals surface area contributed by atoms with Crippen LogP contribution in [0.25, 0.3) is 22.3 Å². The van der Waals surface area contributed by atoms with Crippen LogP contribution in [0.3, 0.4) is 0 Å². The van der Waals surface area contributed by atoms with E-state index in [9.17, 15) is 5.11 Å². The van der Waals surface area contributed by atoms with Gasteiger partial charge in [0.15, 0.2) is 0 Å². The Kier molecular flexibility index (Phi) is 2.37. The van der Waals surface area contributed by atoms with Crippen LogP contribution < -0.4 is 4.74 Å². The first-order valence-electron chi connectivity index (χ1n) is 5.45. The van der Waals surface area contributed by atoms with Crippen molar-refractivity contribution >= 4 is 11.0 Å². The van der Waals surface area contributed by atoms with Crippen molar-refractivity contribution in [2.45, 2.75) is 0 Å². The van der Waals surface area contributed by atoms with Crippen LogP contribution in [0, 0.1) is 0 Å². The highest BCUT2D eigenvalue weighted by molar-refractivity contribution is 5.86. The Morgan fingerprint density at radius 1 is 1.17 bits per heavy atom. The SMILES string of the molecule is COc1ccc(-c2cc3c(O)ncnc3[nH]2)cc1. The van der Waals surface area contributed by atoms with Crippen LogP contribution in [0.4, 0.5) is 0 Å². The minimum absolute atomic E-state index is 0.0176.